The van der Waals surface area contributed by atoms with E-state index in [1.165, 1.54) is 11.8 Å². The van der Waals surface area contributed by atoms with Crippen LogP contribution in [0.1, 0.15) is 12.5 Å². The Hall–Kier alpha value is -2.99. The first-order chi connectivity index (χ1) is 12.0. The van der Waals surface area contributed by atoms with Gasteiger partial charge in [0.2, 0.25) is 5.91 Å². The largest absolute Gasteiger partial charge is 0.326 e. The van der Waals surface area contributed by atoms with Crippen LogP contribution in [0.3, 0.4) is 0 Å². The minimum atomic E-state index is -0.162. The van der Waals surface area contributed by atoms with Gasteiger partial charge in [0.15, 0.2) is 5.11 Å². The van der Waals surface area contributed by atoms with Gasteiger partial charge in [0.25, 0.3) is 5.91 Å². The topological polar surface area (TPSA) is 52.7 Å². The van der Waals surface area contributed by atoms with Gasteiger partial charge in [-0.2, -0.15) is 0 Å². The lowest BCUT2D eigenvalue weighted by atomic mass is 10.1. The van der Waals surface area contributed by atoms with E-state index in [0.29, 0.717) is 16.5 Å². The summed E-state index contributed by atoms with van der Waals surface area (Å²) >= 11 is 5.43. The molecule has 1 heterocycles. The number of thiocarbonyl (C=S) groups is 1. The third kappa shape index (κ3) is 3.44. The number of carbonyl (C=O) groups excluding carboxylic acids is 2. The number of anilines is 2. The van der Waals surface area contributed by atoms with Crippen LogP contribution in [0.5, 0.6) is 0 Å². The van der Waals surface area contributed by atoms with Crippen molar-refractivity contribution in [1.82, 2.24) is 4.90 Å². The van der Waals surface area contributed by atoms with Gasteiger partial charge in [0.1, 0.15) is 5.70 Å². The maximum absolute atomic E-state index is 12.8. The van der Waals surface area contributed by atoms with Gasteiger partial charge >= 0.3 is 0 Å². The average Bonchev–Trinajstić information content (AvgIpc) is 2.80. The molecule has 1 aliphatic rings. The van der Waals surface area contributed by atoms with Crippen molar-refractivity contribution in [2.75, 3.05) is 17.3 Å². The first-order valence-electron chi connectivity index (χ1n) is 7.74. The van der Waals surface area contributed by atoms with Crippen LogP contribution in [0.4, 0.5) is 11.4 Å². The zero-order chi connectivity index (χ0) is 18.0. The minimum absolute atomic E-state index is 0.124. The van der Waals surface area contributed by atoms with Crippen LogP contribution in [0.25, 0.3) is 6.08 Å². The van der Waals surface area contributed by atoms with Crippen molar-refractivity contribution in [3.8, 4) is 0 Å². The van der Waals surface area contributed by atoms with Gasteiger partial charge in [-0.1, -0.05) is 30.3 Å². The van der Waals surface area contributed by atoms with Crippen molar-refractivity contribution in [1.29, 1.82) is 0 Å². The number of para-hydroxylation sites is 1. The van der Waals surface area contributed by atoms with Crippen LogP contribution in [0, 0.1) is 0 Å². The first kappa shape index (κ1) is 16.9. The van der Waals surface area contributed by atoms with Crippen molar-refractivity contribution >= 4 is 46.6 Å². The molecule has 1 fully saturated rings. The number of hydrogen-bond acceptors (Lipinski definition) is 3. The molecule has 0 atom stereocenters. The van der Waals surface area contributed by atoms with E-state index in [9.17, 15) is 9.59 Å². The Morgan fingerprint density at radius 2 is 1.72 bits per heavy atom. The van der Waals surface area contributed by atoms with E-state index >= 15 is 0 Å². The van der Waals surface area contributed by atoms with E-state index in [0.717, 1.165) is 11.3 Å². The van der Waals surface area contributed by atoms with Crippen molar-refractivity contribution in [2.45, 2.75) is 6.92 Å². The monoisotopic (exact) mass is 351 g/mol. The minimum Gasteiger partial charge on any atom is -0.326 e. The van der Waals surface area contributed by atoms with Gasteiger partial charge in [0, 0.05) is 19.7 Å². The molecule has 2 amide bonds. The van der Waals surface area contributed by atoms with E-state index in [1.807, 2.05) is 42.5 Å². The fraction of sp³-hybridized carbons (Fsp3) is 0.105. The lowest BCUT2D eigenvalue weighted by molar-refractivity contribution is -0.115. The summed E-state index contributed by atoms with van der Waals surface area (Å²) in [6.45, 7) is 1.46. The zero-order valence-electron chi connectivity index (χ0n) is 13.9. The fourth-order valence-electron chi connectivity index (χ4n) is 2.59. The lowest BCUT2D eigenvalue weighted by Crippen LogP contribution is -2.30. The summed E-state index contributed by atoms with van der Waals surface area (Å²) in [6, 6.07) is 16.6. The Balaban J connectivity index is 1.89. The summed E-state index contributed by atoms with van der Waals surface area (Å²) in [7, 11) is 1.78. The van der Waals surface area contributed by atoms with Crippen molar-refractivity contribution in [3.05, 3.63) is 65.9 Å². The normalized spacial score (nSPS) is 15.8. The number of nitrogens with zero attached hydrogens (tertiary/aromatic N) is 2. The predicted octanol–water partition coefficient (Wildman–Crippen LogP) is 3.25. The molecule has 6 heteroatoms. The molecule has 5 nitrogen and oxygen atoms in total. The second-order valence-corrected chi connectivity index (χ2v) is 6.02. The third-order valence-corrected chi connectivity index (χ3v) is 4.27. The van der Waals surface area contributed by atoms with E-state index < -0.39 is 0 Å². The van der Waals surface area contributed by atoms with Crippen molar-refractivity contribution in [2.24, 2.45) is 0 Å². The Morgan fingerprint density at radius 1 is 1.08 bits per heavy atom. The number of hydrogen-bond donors (Lipinski definition) is 1. The average molecular weight is 351 g/mol. The molecule has 25 heavy (non-hydrogen) atoms. The van der Waals surface area contributed by atoms with Gasteiger partial charge in [0.05, 0.1) is 5.69 Å². The molecule has 126 valence electrons. The SMILES string of the molecule is CC(=O)Nc1ccc(/C=C2/C(=O)N(c3ccccc3)C(=S)N2C)cc1. The molecule has 3 rings (SSSR count). The second-order valence-electron chi connectivity index (χ2n) is 5.65. The molecule has 0 aromatic heterocycles. The third-order valence-electron chi connectivity index (χ3n) is 3.81. The molecule has 1 aliphatic heterocycles. The highest BCUT2D eigenvalue weighted by Crippen LogP contribution is 2.27. The lowest BCUT2D eigenvalue weighted by Gasteiger charge is -2.16. The van der Waals surface area contributed by atoms with Crippen LogP contribution >= 0.6 is 12.2 Å². The van der Waals surface area contributed by atoms with Crippen LogP contribution in [-0.2, 0) is 9.59 Å². The number of nitrogens with one attached hydrogen (secondary N) is 1. The summed E-state index contributed by atoms with van der Waals surface area (Å²) in [5, 5.41) is 3.15. The molecule has 0 radical (unpaired) electrons. The van der Waals surface area contributed by atoms with Gasteiger partial charge in [-0.15, -0.1) is 0 Å². The molecule has 0 saturated carbocycles. The Morgan fingerprint density at radius 3 is 2.32 bits per heavy atom. The Labute approximate surface area is 151 Å². The van der Waals surface area contributed by atoms with E-state index in [1.54, 1.807) is 30.2 Å². The highest BCUT2D eigenvalue weighted by Gasteiger charge is 2.36. The standard InChI is InChI=1S/C19H17N3O2S/c1-13(23)20-15-10-8-14(9-11-15)12-17-18(24)22(19(25)21(17)2)16-6-4-3-5-7-16/h3-12H,1-2H3,(H,20,23)/b17-12-. The van der Waals surface area contributed by atoms with E-state index in [4.69, 9.17) is 12.2 Å². The van der Waals surface area contributed by atoms with Gasteiger partial charge in [-0.3, -0.25) is 14.5 Å². The maximum Gasteiger partial charge on any atom is 0.281 e. The molecular weight excluding hydrogens is 334 g/mol. The first-order valence-corrected chi connectivity index (χ1v) is 8.15. The van der Waals surface area contributed by atoms with E-state index in [2.05, 4.69) is 5.32 Å². The Bertz CT molecular complexity index is 860. The quantitative estimate of drug-likeness (QED) is 0.681. The van der Waals surface area contributed by atoms with Gasteiger partial charge in [-0.25, -0.2) is 0 Å². The number of rotatable bonds is 3. The number of benzene rings is 2. The highest BCUT2D eigenvalue weighted by molar-refractivity contribution is 7.80. The van der Waals surface area contributed by atoms with Crippen molar-refractivity contribution in [3.63, 3.8) is 0 Å². The number of likely N-dealkylation sites (N-methyl/N-ethyl adjacent to an activating group) is 1. The van der Waals surface area contributed by atoms with E-state index in [-0.39, 0.29) is 11.8 Å². The Kier molecular flexibility index (Phi) is 4.63. The summed E-state index contributed by atoms with van der Waals surface area (Å²) < 4.78 is 0. The zero-order valence-corrected chi connectivity index (χ0v) is 14.7. The van der Waals surface area contributed by atoms with Crippen molar-refractivity contribution < 1.29 is 9.59 Å². The van der Waals surface area contributed by atoms with Gasteiger partial charge in [-0.05, 0) is 48.1 Å². The molecule has 0 spiro atoms. The summed E-state index contributed by atoms with van der Waals surface area (Å²) in [5.41, 5.74) is 2.80. The number of amides is 2. The summed E-state index contributed by atoms with van der Waals surface area (Å²) in [5.74, 6) is -0.287. The fourth-order valence-corrected chi connectivity index (χ4v) is 2.87. The van der Waals surface area contributed by atoms with Crippen LogP contribution < -0.4 is 10.2 Å². The highest BCUT2D eigenvalue weighted by atomic mass is 32.1. The number of carbonyl (C=O) groups is 2. The molecule has 0 bridgehead atoms. The van der Waals surface area contributed by atoms with Crippen LogP contribution in [0.2, 0.25) is 0 Å². The molecule has 0 unspecified atom stereocenters. The molecule has 2 aromatic rings. The molecule has 1 N–H and O–H groups in total. The molecule has 2 aromatic carbocycles. The molecule has 1 saturated heterocycles. The summed E-state index contributed by atoms with van der Waals surface area (Å²) in [6.07, 6.45) is 1.79. The molecular formula is C19H17N3O2S. The smallest absolute Gasteiger partial charge is 0.281 e. The maximum atomic E-state index is 12.8. The van der Waals surface area contributed by atoms with Gasteiger partial charge < -0.3 is 10.2 Å². The molecule has 0 aliphatic carbocycles. The summed E-state index contributed by atoms with van der Waals surface area (Å²) in [4.78, 5) is 27.1. The predicted molar refractivity (Wildman–Crippen MR) is 103 cm³/mol. The van der Waals surface area contributed by atoms with Crippen LogP contribution in [-0.4, -0.2) is 28.9 Å². The second kappa shape index (κ2) is 6.86. The van der Waals surface area contributed by atoms with Crippen LogP contribution in [0.15, 0.2) is 60.3 Å².